The minimum atomic E-state index is 0.00407. The number of carbonyl (C=O) groups excluding carboxylic acids is 1. The lowest BCUT2D eigenvalue weighted by molar-refractivity contribution is 0.0985. The number of carbonyl (C=O) groups is 1. The van der Waals surface area contributed by atoms with Gasteiger partial charge in [-0.2, -0.15) is 0 Å². The van der Waals surface area contributed by atoms with E-state index in [2.05, 4.69) is 5.32 Å². The fraction of sp³-hybridized carbons (Fsp3) is 0.444. The molecule has 0 amide bonds. The summed E-state index contributed by atoms with van der Waals surface area (Å²) >= 11 is 0. The van der Waals surface area contributed by atoms with E-state index in [0.29, 0.717) is 5.76 Å². The first-order chi connectivity index (χ1) is 5.77. The summed E-state index contributed by atoms with van der Waals surface area (Å²) in [4.78, 5) is 10.9. The van der Waals surface area contributed by atoms with Crippen LogP contribution in [-0.2, 0) is 13.0 Å². The van der Waals surface area contributed by atoms with Crippen LogP contribution in [0.5, 0.6) is 0 Å². The summed E-state index contributed by atoms with van der Waals surface area (Å²) in [5.74, 6) is 1.46. The van der Waals surface area contributed by atoms with Crippen LogP contribution in [0, 0.1) is 0 Å². The molecule has 0 saturated carbocycles. The molecule has 1 aliphatic rings. The number of furan rings is 1. The SMILES string of the molecule is CC(=O)c1cc2c(o1)CCNC2. The second-order valence-electron chi connectivity index (χ2n) is 3.04. The first kappa shape index (κ1) is 7.55. The Balaban J connectivity index is 2.38. The summed E-state index contributed by atoms with van der Waals surface area (Å²) in [5, 5.41) is 3.22. The molecule has 0 saturated heterocycles. The monoisotopic (exact) mass is 165 g/mol. The summed E-state index contributed by atoms with van der Waals surface area (Å²) in [7, 11) is 0. The molecule has 12 heavy (non-hydrogen) atoms. The quantitative estimate of drug-likeness (QED) is 0.634. The highest BCUT2D eigenvalue weighted by atomic mass is 16.3. The van der Waals surface area contributed by atoms with Crippen LogP contribution in [0.4, 0.5) is 0 Å². The van der Waals surface area contributed by atoms with Crippen LogP contribution in [-0.4, -0.2) is 12.3 Å². The number of hydrogen-bond donors (Lipinski definition) is 1. The number of ketones is 1. The highest BCUT2D eigenvalue weighted by molar-refractivity contribution is 5.91. The van der Waals surface area contributed by atoms with Crippen molar-refractivity contribution in [1.29, 1.82) is 0 Å². The van der Waals surface area contributed by atoms with Crippen LogP contribution in [0.25, 0.3) is 0 Å². The Morgan fingerprint density at radius 2 is 2.50 bits per heavy atom. The molecule has 64 valence electrons. The number of fused-ring (bicyclic) bond motifs is 1. The summed E-state index contributed by atoms with van der Waals surface area (Å²) in [6.07, 6.45) is 0.891. The van der Waals surface area contributed by atoms with E-state index in [1.165, 1.54) is 6.92 Å². The van der Waals surface area contributed by atoms with Gasteiger partial charge in [-0.15, -0.1) is 0 Å². The fourth-order valence-corrected chi connectivity index (χ4v) is 1.43. The lowest BCUT2D eigenvalue weighted by Crippen LogP contribution is -2.22. The third-order valence-corrected chi connectivity index (χ3v) is 2.09. The van der Waals surface area contributed by atoms with Gasteiger partial charge in [-0.1, -0.05) is 0 Å². The molecule has 0 unspecified atom stereocenters. The zero-order valence-corrected chi connectivity index (χ0v) is 7.02. The molecule has 3 nitrogen and oxygen atoms in total. The van der Waals surface area contributed by atoms with Crippen LogP contribution in [0.1, 0.15) is 28.8 Å². The molecule has 0 atom stereocenters. The number of rotatable bonds is 1. The summed E-state index contributed by atoms with van der Waals surface area (Å²) in [6.45, 7) is 3.29. The summed E-state index contributed by atoms with van der Waals surface area (Å²) in [6, 6.07) is 1.84. The molecule has 2 heterocycles. The lowest BCUT2D eigenvalue weighted by atomic mass is 10.1. The summed E-state index contributed by atoms with van der Waals surface area (Å²) < 4.78 is 5.38. The molecular formula is C9H11NO2. The minimum Gasteiger partial charge on any atom is -0.458 e. The van der Waals surface area contributed by atoms with Crippen molar-refractivity contribution in [2.45, 2.75) is 19.9 Å². The first-order valence-corrected chi connectivity index (χ1v) is 4.10. The van der Waals surface area contributed by atoms with E-state index < -0.39 is 0 Å². The van der Waals surface area contributed by atoms with Gasteiger partial charge in [0, 0.05) is 32.0 Å². The normalized spacial score (nSPS) is 15.8. The van der Waals surface area contributed by atoms with Crippen molar-refractivity contribution in [2.24, 2.45) is 0 Å². The van der Waals surface area contributed by atoms with Crippen LogP contribution < -0.4 is 5.32 Å². The predicted octanol–water partition coefficient (Wildman–Crippen LogP) is 1.13. The van der Waals surface area contributed by atoms with E-state index in [-0.39, 0.29) is 5.78 Å². The van der Waals surface area contributed by atoms with Crippen LogP contribution in [0.15, 0.2) is 10.5 Å². The van der Waals surface area contributed by atoms with Gasteiger partial charge in [0.05, 0.1) is 0 Å². The topological polar surface area (TPSA) is 42.2 Å². The average Bonchev–Trinajstić information content (AvgIpc) is 2.46. The molecule has 1 N–H and O–H groups in total. The van der Waals surface area contributed by atoms with E-state index in [1.54, 1.807) is 0 Å². The van der Waals surface area contributed by atoms with Gasteiger partial charge in [-0.25, -0.2) is 0 Å². The zero-order valence-electron chi connectivity index (χ0n) is 7.02. The van der Waals surface area contributed by atoms with Gasteiger partial charge in [0.25, 0.3) is 0 Å². The second kappa shape index (κ2) is 2.75. The van der Waals surface area contributed by atoms with E-state index in [0.717, 1.165) is 30.8 Å². The molecule has 1 aromatic rings. The van der Waals surface area contributed by atoms with Crippen LogP contribution in [0.3, 0.4) is 0 Å². The van der Waals surface area contributed by atoms with Gasteiger partial charge in [-0.05, 0) is 6.07 Å². The maximum atomic E-state index is 10.9. The van der Waals surface area contributed by atoms with Gasteiger partial charge in [-0.3, -0.25) is 4.79 Å². The Morgan fingerprint density at radius 3 is 3.17 bits per heavy atom. The first-order valence-electron chi connectivity index (χ1n) is 4.10. The maximum Gasteiger partial charge on any atom is 0.194 e. The molecule has 2 rings (SSSR count). The zero-order chi connectivity index (χ0) is 8.55. The largest absolute Gasteiger partial charge is 0.458 e. The second-order valence-corrected chi connectivity index (χ2v) is 3.04. The Morgan fingerprint density at radius 1 is 1.67 bits per heavy atom. The predicted molar refractivity (Wildman–Crippen MR) is 44.1 cm³/mol. The van der Waals surface area contributed by atoms with E-state index in [1.807, 2.05) is 6.07 Å². The molecule has 0 spiro atoms. The number of nitrogens with one attached hydrogen (secondary N) is 1. The lowest BCUT2D eigenvalue weighted by Gasteiger charge is -2.09. The molecule has 0 radical (unpaired) electrons. The Bertz CT molecular complexity index is 291. The Labute approximate surface area is 70.8 Å². The van der Waals surface area contributed by atoms with Gasteiger partial charge in [0.2, 0.25) is 0 Å². The smallest absolute Gasteiger partial charge is 0.194 e. The van der Waals surface area contributed by atoms with Crippen molar-refractivity contribution >= 4 is 5.78 Å². The van der Waals surface area contributed by atoms with Crippen LogP contribution >= 0.6 is 0 Å². The van der Waals surface area contributed by atoms with Crippen LogP contribution in [0.2, 0.25) is 0 Å². The Kier molecular flexibility index (Phi) is 1.73. The molecule has 0 fully saturated rings. The van der Waals surface area contributed by atoms with Crippen molar-refractivity contribution in [3.8, 4) is 0 Å². The highest BCUT2D eigenvalue weighted by Gasteiger charge is 2.16. The average molecular weight is 165 g/mol. The van der Waals surface area contributed by atoms with Crippen molar-refractivity contribution < 1.29 is 9.21 Å². The third kappa shape index (κ3) is 1.16. The molecular weight excluding hydrogens is 154 g/mol. The number of Topliss-reactive ketones (excluding diaryl/α,β-unsaturated/α-hetero) is 1. The fourth-order valence-electron chi connectivity index (χ4n) is 1.43. The van der Waals surface area contributed by atoms with Crippen molar-refractivity contribution in [3.63, 3.8) is 0 Å². The standard InChI is InChI=1S/C9H11NO2/c1-6(11)9-4-7-5-10-3-2-8(7)12-9/h4,10H,2-3,5H2,1H3. The molecule has 0 aliphatic carbocycles. The third-order valence-electron chi connectivity index (χ3n) is 2.09. The molecule has 0 bridgehead atoms. The van der Waals surface area contributed by atoms with E-state index in [4.69, 9.17) is 4.42 Å². The summed E-state index contributed by atoms with van der Waals surface area (Å²) in [5.41, 5.74) is 1.13. The van der Waals surface area contributed by atoms with E-state index >= 15 is 0 Å². The molecule has 0 aromatic carbocycles. The van der Waals surface area contributed by atoms with Gasteiger partial charge in [0.15, 0.2) is 11.5 Å². The van der Waals surface area contributed by atoms with E-state index in [9.17, 15) is 4.79 Å². The van der Waals surface area contributed by atoms with Crippen molar-refractivity contribution in [3.05, 3.63) is 23.2 Å². The van der Waals surface area contributed by atoms with Gasteiger partial charge < -0.3 is 9.73 Å². The van der Waals surface area contributed by atoms with Crippen molar-refractivity contribution in [2.75, 3.05) is 6.54 Å². The van der Waals surface area contributed by atoms with Gasteiger partial charge >= 0.3 is 0 Å². The molecule has 1 aliphatic heterocycles. The highest BCUT2D eigenvalue weighted by Crippen LogP contribution is 2.18. The molecule has 1 aromatic heterocycles. The number of hydrogen-bond acceptors (Lipinski definition) is 3. The van der Waals surface area contributed by atoms with Crippen molar-refractivity contribution in [1.82, 2.24) is 5.32 Å². The van der Waals surface area contributed by atoms with Gasteiger partial charge in [0.1, 0.15) is 5.76 Å². The minimum absolute atomic E-state index is 0.00407. The maximum absolute atomic E-state index is 10.9. The molecule has 3 heteroatoms. The Hall–Kier alpha value is -1.09.